The van der Waals surface area contributed by atoms with Crippen LogP contribution in [-0.4, -0.2) is 48.3 Å². The van der Waals surface area contributed by atoms with Crippen LogP contribution in [0, 0.1) is 12.8 Å². The monoisotopic (exact) mass is 397 g/mol. The zero-order chi connectivity index (χ0) is 20.4. The van der Waals surface area contributed by atoms with Crippen LogP contribution in [0.4, 0.5) is 11.5 Å². The maximum absolute atomic E-state index is 12.8. The van der Waals surface area contributed by atoms with Gasteiger partial charge in [-0.2, -0.15) is 4.98 Å². The molecule has 0 radical (unpaired) electrons. The van der Waals surface area contributed by atoms with E-state index in [4.69, 9.17) is 14.0 Å². The number of amides is 1. The van der Waals surface area contributed by atoms with Crippen LogP contribution in [-0.2, 0) is 4.79 Å². The van der Waals surface area contributed by atoms with Crippen LogP contribution in [0.2, 0.25) is 0 Å². The second-order valence-corrected chi connectivity index (χ2v) is 6.96. The maximum atomic E-state index is 12.8. The van der Waals surface area contributed by atoms with Gasteiger partial charge in [0.2, 0.25) is 5.91 Å². The van der Waals surface area contributed by atoms with Gasteiger partial charge in [-0.05, 0) is 31.9 Å². The van der Waals surface area contributed by atoms with Gasteiger partial charge in [0.25, 0.3) is 5.71 Å². The molecule has 3 heterocycles. The first-order valence-corrected chi connectivity index (χ1v) is 9.45. The summed E-state index contributed by atoms with van der Waals surface area (Å²) in [5.41, 5.74) is 1.86. The number of carbonyl (C=O) groups is 1. The average molecular weight is 397 g/mol. The fourth-order valence-electron chi connectivity index (χ4n) is 3.64. The van der Waals surface area contributed by atoms with E-state index in [1.807, 2.05) is 6.92 Å². The molecule has 1 aromatic carbocycles. The number of piperidine rings is 1. The summed E-state index contributed by atoms with van der Waals surface area (Å²) in [6, 6.07) is 5.33. The number of nitrogens with zero attached hydrogens (tertiary/aromatic N) is 4. The van der Waals surface area contributed by atoms with E-state index in [2.05, 4.69) is 25.3 Å². The van der Waals surface area contributed by atoms with Crippen molar-refractivity contribution in [3.63, 3.8) is 0 Å². The standard InChI is InChI=1S/C20H23N5O4/c1-12-17-18(21-11-22-20(17)29-24-12)25-8-6-13(7-9-25)19(26)23-15-10-14(27-2)4-5-16(15)28-3/h4-5,10-11,13H,6-9H2,1-3H3,(H,23,26). The zero-order valence-corrected chi connectivity index (χ0v) is 16.6. The fraction of sp³-hybridized carbons (Fsp3) is 0.400. The Balaban J connectivity index is 1.44. The van der Waals surface area contributed by atoms with Gasteiger partial charge < -0.3 is 24.2 Å². The predicted molar refractivity (Wildman–Crippen MR) is 107 cm³/mol. The van der Waals surface area contributed by atoms with Crippen LogP contribution >= 0.6 is 0 Å². The molecule has 1 aliphatic heterocycles. The minimum absolute atomic E-state index is 0.0230. The molecule has 9 heteroatoms. The van der Waals surface area contributed by atoms with E-state index >= 15 is 0 Å². The Labute approximate surface area is 168 Å². The number of ether oxygens (including phenoxy) is 2. The summed E-state index contributed by atoms with van der Waals surface area (Å²) in [5, 5.41) is 7.79. The fourth-order valence-corrected chi connectivity index (χ4v) is 3.64. The number of aryl methyl sites for hydroxylation is 1. The Bertz CT molecular complexity index is 1030. The van der Waals surface area contributed by atoms with Crippen molar-refractivity contribution in [2.24, 2.45) is 5.92 Å². The van der Waals surface area contributed by atoms with Crippen LogP contribution < -0.4 is 19.7 Å². The SMILES string of the molecule is COc1ccc(OC)c(NC(=O)C2CCN(c3ncnc4onc(C)c34)CC2)c1. The highest BCUT2D eigenvalue weighted by molar-refractivity contribution is 5.94. The van der Waals surface area contributed by atoms with Crippen LogP contribution in [0.15, 0.2) is 29.0 Å². The second-order valence-electron chi connectivity index (χ2n) is 6.96. The highest BCUT2D eigenvalue weighted by atomic mass is 16.5. The van der Waals surface area contributed by atoms with Crippen molar-refractivity contribution in [3.05, 3.63) is 30.2 Å². The quantitative estimate of drug-likeness (QED) is 0.701. The molecular weight excluding hydrogens is 374 g/mol. The first-order valence-electron chi connectivity index (χ1n) is 9.45. The van der Waals surface area contributed by atoms with Crippen molar-refractivity contribution in [2.75, 3.05) is 37.5 Å². The smallest absolute Gasteiger partial charge is 0.263 e. The van der Waals surface area contributed by atoms with E-state index in [-0.39, 0.29) is 11.8 Å². The topological polar surface area (TPSA) is 103 Å². The van der Waals surface area contributed by atoms with E-state index in [1.54, 1.807) is 32.4 Å². The Kier molecular flexibility index (Phi) is 5.20. The number of anilines is 2. The first-order chi connectivity index (χ1) is 14.1. The molecule has 0 aliphatic carbocycles. The molecule has 29 heavy (non-hydrogen) atoms. The summed E-state index contributed by atoms with van der Waals surface area (Å²) in [6.45, 7) is 3.30. The van der Waals surface area contributed by atoms with Crippen LogP contribution in [0.5, 0.6) is 11.5 Å². The van der Waals surface area contributed by atoms with Crippen molar-refractivity contribution in [3.8, 4) is 11.5 Å². The van der Waals surface area contributed by atoms with Crippen molar-refractivity contribution in [2.45, 2.75) is 19.8 Å². The summed E-state index contributed by atoms with van der Waals surface area (Å²) in [7, 11) is 3.16. The normalized spacial score (nSPS) is 14.8. The van der Waals surface area contributed by atoms with E-state index in [0.29, 0.717) is 48.8 Å². The number of rotatable bonds is 5. The Morgan fingerprint density at radius 2 is 2.00 bits per heavy atom. The maximum Gasteiger partial charge on any atom is 0.263 e. The number of carbonyl (C=O) groups excluding carboxylic acids is 1. The van der Waals surface area contributed by atoms with E-state index in [9.17, 15) is 4.79 Å². The second kappa shape index (κ2) is 7.94. The third kappa shape index (κ3) is 3.67. The Hall–Kier alpha value is -3.36. The number of aromatic nitrogens is 3. The van der Waals surface area contributed by atoms with Gasteiger partial charge in [0.1, 0.15) is 29.0 Å². The third-order valence-electron chi connectivity index (χ3n) is 5.25. The van der Waals surface area contributed by atoms with E-state index in [0.717, 1.165) is 16.9 Å². The van der Waals surface area contributed by atoms with Gasteiger partial charge in [-0.15, -0.1) is 0 Å². The highest BCUT2D eigenvalue weighted by Crippen LogP contribution is 2.32. The molecule has 1 N–H and O–H groups in total. The summed E-state index contributed by atoms with van der Waals surface area (Å²) in [5.74, 6) is 1.95. The molecule has 0 atom stereocenters. The Morgan fingerprint density at radius 3 is 2.72 bits per heavy atom. The molecule has 2 aromatic heterocycles. The number of methoxy groups -OCH3 is 2. The molecule has 9 nitrogen and oxygen atoms in total. The van der Waals surface area contributed by atoms with Gasteiger partial charge >= 0.3 is 0 Å². The van der Waals surface area contributed by atoms with Gasteiger partial charge in [0.15, 0.2) is 0 Å². The average Bonchev–Trinajstić information content (AvgIpc) is 3.15. The highest BCUT2D eigenvalue weighted by Gasteiger charge is 2.28. The molecule has 3 aromatic rings. The molecule has 0 bridgehead atoms. The van der Waals surface area contributed by atoms with E-state index in [1.165, 1.54) is 6.33 Å². The zero-order valence-electron chi connectivity index (χ0n) is 16.6. The molecule has 0 unspecified atom stereocenters. The van der Waals surface area contributed by atoms with E-state index < -0.39 is 0 Å². The lowest BCUT2D eigenvalue weighted by Crippen LogP contribution is -2.38. The summed E-state index contributed by atoms with van der Waals surface area (Å²) >= 11 is 0. The molecule has 0 spiro atoms. The minimum Gasteiger partial charge on any atom is -0.497 e. The van der Waals surface area contributed by atoms with Crippen molar-refractivity contribution in [1.82, 2.24) is 15.1 Å². The lowest BCUT2D eigenvalue weighted by Gasteiger charge is -2.32. The number of fused-ring (bicyclic) bond motifs is 1. The van der Waals surface area contributed by atoms with Crippen molar-refractivity contribution >= 4 is 28.5 Å². The number of benzene rings is 1. The number of hydrogen-bond acceptors (Lipinski definition) is 8. The first kappa shape index (κ1) is 19.0. The van der Waals surface area contributed by atoms with Gasteiger partial charge in [-0.1, -0.05) is 5.16 Å². The van der Waals surface area contributed by atoms with Crippen LogP contribution in [0.25, 0.3) is 11.1 Å². The summed E-state index contributed by atoms with van der Waals surface area (Å²) < 4.78 is 15.8. The number of nitrogens with one attached hydrogen (secondary N) is 1. The molecule has 1 fully saturated rings. The number of hydrogen-bond donors (Lipinski definition) is 1. The van der Waals surface area contributed by atoms with Gasteiger partial charge in [0, 0.05) is 25.1 Å². The lowest BCUT2D eigenvalue weighted by molar-refractivity contribution is -0.120. The Morgan fingerprint density at radius 1 is 1.21 bits per heavy atom. The molecule has 0 saturated carbocycles. The third-order valence-corrected chi connectivity index (χ3v) is 5.25. The van der Waals surface area contributed by atoms with Gasteiger partial charge in [-0.3, -0.25) is 4.79 Å². The predicted octanol–water partition coefficient (Wildman–Crippen LogP) is 2.80. The molecule has 1 saturated heterocycles. The molecular formula is C20H23N5O4. The van der Waals surface area contributed by atoms with Crippen LogP contribution in [0.1, 0.15) is 18.5 Å². The minimum atomic E-state index is -0.0944. The molecule has 1 aliphatic rings. The van der Waals surface area contributed by atoms with Crippen molar-refractivity contribution < 1.29 is 18.8 Å². The molecule has 152 valence electrons. The summed E-state index contributed by atoms with van der Waals surface area (Å²) in [6.07, 6.45) is 2.91. The molecule has 4 rings (SSSR count). The lowest BCUT2D eigenvalue weighted by atomic mass is 9.95. The molecule has 1 amide bonds. The van der Waals surface area contributed by atoms with Gasteiger partial charge in [-0.25, -0.2) is 4.98 Å². The van der Waals surface area contributed by atoms with Crippen molar-refractivity contribution in [1.29, 1.82) is 0 Å². The van der Waals surface area contributed by atoms with Gasteiger partial charge in [0.05, 0.1) is 25.6 Å². The largest absolute Gasteiger partial charge is 0.497 e. The summed E-state index contributed by atoms with van der Waals surface area (Å²) in [4.78, 5) is 23.5. The van der Waals surface area contributed by atoms with Crippen LogP contribution in [0.3, 0.4) is 0 Å².